The van der Waals surface area contributed by atoms with Gasteiger partial charge in [0.2, 0.25) is 6.79 Å². The molecule has 1 N–H and O–H groups in total. The molecule has 0 aromatic heterocycles. The number of nitrogens with one attached hydrogen (secondary N) is 1. The fourth-order valence-electron chi connectivity index (χ4n) is 5.22. The standard InChI is InChI=1S/C30H26N2O6S/c1-19-23-16-24(31-30(33)20-9-5-3-6-10-20)27(36-2)17-25(23)32(39(34,35)22-11-7-4-8-12-22)29(19)21-13-14-26-28(15-21)38-18-37-26/h3-17,19,29H,18H2,1-2H3,(H,31,33). The molecular formula is C30H26N2O6S. The van der Waals surface area contributed by atoms with Crippen LogP contribution in [0.4, 0.5) is 11.4 Å². The summed E-state index contributed by atoms with van der Waals surface area (Å²) in [6, 6.07) is 25.6. The van der Waals surface area contributed by atoms with Crippen molar-refractivity contribution < 1.29 is 27.4 Å². The first-order chi connectivity index (χ1) is 18.9. The molecule has 2 unspecified atom stereocenters. The maximum atomic E-state index is 14.2. The lowest BCUT2D eigenvalue weighted by atomic mass is 9.91. The zero-order chi connectivity index (χ0) is 27.1. The van der Waals surface area contributed by atoms with Gasteiger partial charge in [-0.2, -0.15) is 0 Å². The van der Waals surface area contributed by atoms with Crippen molar-refractivity contribution in [1.82, 2.24) is 0 Å². The zero-order valence-electron chi connectivity index (χ0n) is 21.3. The molecule has 0 saturated heterocycles. The van der Waals surface area contributed by atoms with E-state index in [0.717, 1.165) is 11.1 Å². The molecule has 0 spiro atoms. The van der Waals surface area contributed by atoms with E-state index in [4.69, 9.17) is 14.2 Å². The second kappa shape index (κ2) is 9.67. The Morgan fingerprint density at radius 3 is 2.33 bits per heavy atom. The highest BCUT2D eigenvalue weighted by Crippen LogP contribution is 2.54. The van der Waals surface area contributed by atoms with E-state index in [9.17, 15) is 13.2 Å². The van der Waals surface area contributed by atoms with E-state index in [2.05, 4.69) is 5.32 Å². The number of fused-ring (bicyclic) bond motifs is 2. The molecule has 2 heterocycles. The molecule has 4 aromatic carbocycles. The summed E-state index contributed by atoms with van der Waals surface area (Å²) in [5.74, 6) is 0.982. The third-order valence-corrected chi connectivity index (χ3v) is 8.93. The molecule has 0 radical (unpaired) electrons. The van der Waals surface area contributed by atoms with Crippen LogP contribution in [-0.4, -0.2) is 28.2 Å². The molecule has 0 bridgehead atoms. The number of sulfonamides is 1. The quantitative estimate of drug-likeness (QED) is 0.335. The molecular weight excluding hydrogens is 516 g/mol. The van der Waals surface area contributed by atoms with Gasteiger partial charge in [0.25, 0.3) is 15.9 Å². The largest absolute Gasteiger partial charge is 0.494 e. The molecule has 1 amide bonds. The average molecular weight is 543 g/mol. The Hall–Kier alpha value is -4.50. The molecule has 0 saturated carbocycles. The number of nitrogens with zero attached hydrogens (tertiary/aromatic N) is 1. The molecule has 6 rings (SSSR count). The maximum absolute atomic E-state index is 14.2. The summed E-state index contributed by atoms with van der Waals surface area (Å²) in [5.41, 5.74) is 2.97. The summed E-state index contributed by atoms with van der Waals surface area (Å²) in [5, 5.41) is 2.93. The Morgan fingerprint density at radius 2 is 1.62 bits per heavy atom. The fraction of sp³-hybridized carbons (Fsp3) is 0.167. The third-order valence-electron chi connectivity index (χ3n) is 7.13. The SMILES string of the molecule is COc1cc2c(cc1NC(=O)c1ccccc1)C(C)C(c1ccc3c(c1)OCO3)N2S(=O)(=O)c1ccccc1. The normalized spacial score (nSPS) is 17.5. The van der Waals surface area contributed by atoms with Crippen LogP contribution in [0, 0.1) is 0 Å². The molecule has 8 nitrogen and oxygen atoms in total. The lowest BCUT2D eigenvalue weighted by Gasteiger charge is -2.29. The van der Waals surface area contributed by atoms with Gasteiger partial charge in [-0.05, 0) is 53.6 Å². The van der Waals surface area contributed by atoms with Crippen molar-refractivity contribution in [3.05, 3.63) is 108 Å². The minimum absolute atomic E-state index is 0.118. The van der Waals surface area contributed by atoms with Crippen molar-refractivity contribution in [3.63, 3.8) is 0 Å². The molecule has 2 aliphatic rings. The topological polar surface area (TPSA) is 94.2 Å². The highest BCUT2D eigenvalue weighted by Gasteiger charge is 2.45. The molecule has 2 aliphatic heterocycles. The van der Waals surface area contributed by atoms with Gasteiger partial charge in [-0.3, -0.25) is 9.10 Å². The van der Waals surface area contributed by atoms with Gasteiger partial charge in [0.1, 0.15) is 5.75 Å². The monoisotopic (exact) mass is 542 g/mol. The molecule has 0 aliphatic carbocycles. The summed E-state index contributed by atoms with van der Waals surface area (Å²) < 4.78 is 46.5. The van der Waals surface area contributed by atoms with Crippen LogP contribution in [0.25, 0.3) is 0 Å². The lowest BCUT2D eigenvalue weighted by molar-refractivity contribution is 0.102. The van der Waals surface area contributed by atoms with E-state index >= 15 is 0 Å². The van der Waals surface area contributed by atoms with Gasteiger partial charge in [-0.1, -0.05) is 49.4 Å². The van der Waals surface area contributed by atoms with E-state index in [0.29, 0.717) is 34.2 Å². The first kappa shape index (κ1) is 24.8. The Bertz CT molecular complexity index is 1660. The van der Waals surface area contributed by atoms with Gasteiger partial charge >= 0.3 is 0 Å². The number of ether oxygens (including phenoxy) is 3. The maximum Gasteiger partial charge on any atom is 0.264 e. The van der Waals surface area contributed by atoms with Gasteiger partial charge < -0.3 is 19.5 Å². The lowest BCUT2D eigenvalue weighted by Crippen LogP contribution is -2.33. The number of amides is 1. The van der Waals surface area contributed by atoms with Crippen LogP contribution < -0.4 is 23.8 Å². The van der Waals surface area contributed by atoms with Crippen LogP contribution in [0.15, 0.2) is 95.9 Å². The summed E-state index contributed by atoms with van der Waals surface area (Å²) in [6.07, 6.45) is 0. The highest BCUT2D eigenvalue weighted by atomic mass is 32.2. The summed E-state index contributed by atoms with van der Waals surface area (Å²) >= 11 is 0. The summed E-state index contributed by atoms with van der Waals surface area (Å²) in [6.45, 7) is 2.09. The number of carbonyl (C=O) groups is 1. The molecule has 9 heteroatoms. The summed E-state index contributed by atoms with van der Waals surface area (Å²) in [7, 11) is -2.49. The molecule has 198 valence electrons. The Balaban J connectivity index is 1.49. The van der Waals surface area contributed by atoms with Gasteiger partial charge in [0.05, 0.1) is 29.4 Å². The van der Waals surface area contributed by atoms with Crippen molar-refractivity contribution in [2.45, 2.75) is 23.8 Å². The van der Waals surface area contributed by atoms with E-state index in [1.165, 1.54) is 11.4 Å². The van der Waals surface area contributed by atoms with Crippen LogP contribution >= 0.6 is 0 Å². The first-order valence-electron chi connectivity index (χ1n) is 12.5. The first-order valence-corrected chi connectivity index (χ1v) is 13.9. The van der Waals surface area contributed by atoms with Crippen LogP contribution in [0.2, 0.25) is 0 Å². The number of anilines is 2. The minimum atomic E-state index is -3.98. The number of hydrogen-bond acceptors (Lipinski definition) is 6. The third kappa shape index (κ3) is 4.24. The Labute approximate surface area is 226 Å². The molecule has 0 fully saturated rings. The second-order valence-electron chi connectivity index (χ2n) is 9.39. The summed E-state index contributed by atoms with van der Waals surface area (Å²) in [4.78, 5) is 13.1. The Morgan fingerprint density at radius 1 is 0.923 bits per heavy atom. The fourth-order valence-corrected chi connectivity index (χ4v) is 6.97. The predicted molar refractivity (Wildman–Crippen MR) is 147 cm³/mol. The number of carbonyl (C=O) groups excluding carboxylic acids is 1. The van der Waals surface area contributed by atoms with Gasteiger partial charge in [-0.25, -0.2) is 8.42 Å². The van der Waals surface area contributed by atoms with Crippen LogP contribution in [-0.2, 0) is 10.0 Å². The van der Waals surface area contributed by atoms with Crippen molar-refractivity contribution >= 4 is 27.3 Å². The minimum Gasteiger partial charge on any atom is -0.494 e. The predicted octanol–water partition coefficient (Wildman–Crippen LogP) is 5.73. The number of methoxy groups -OCH3 is 1. The van der Waals surface area contributed by atoms with Crippen molar-refractivity contribution in [2.24, 2.45) is 0 Å². The van der Waals surface area contributed by atoms with E-state index < -0.39 is 16.1 Å². The van der Waals surface area contributed by atoms with Crippen molar-refractivity contribution in [3.8, 4) is 17.2 Å². The molecule has 4 aromatic rings. The average Bonchev–Trinajstić information content (AvgIpc) is 3.55. The van der Waals surface area contributed by atoms with E-state index in [1.54, 1.807) is 72.8 Å². The van der Waals surface area contributed by atoms with Gasteiger partial charge in [0, 0.05) is 17.5 Å². The Kier molecular flexibility index (Phi) is 6.15. The van der Waals surface area contributed by atoms with Crippen LogP contribution in [0.1, 0.15) is 40.4 Å². The number of benzene rings is 4. The van der Waals surface area contributed by atoms with E-state index in [-0.39, 0.29) is 23.5 Å². The van der Waals surface area contributed by atoms with Crippen molar-refractivity contribution in [1.29, 1.82) is 0 Å². The van der Waals surface area contributed by atoms with Crippen LogP contribution in [0.5, 0.6) is 17.2 Å². The second-order valence-corrected chi connectivity index (χ2v) is 11.2. The van der Waals surface area contributed by atoms with Gasteiger partial charge in [-0.15, -0.1) is 0 Å². The van der Waals surface area contributed by atoms with Gasteiger partial charge in [0.15, 0.2) is 11.5 Å². The number of hydrogen-bond donors (Lipinski definition) is 1. The molecule has 39 heavy (non-hydrogen) atoms. The number of rotatable bonds is 6. The van der Waals surface area contributed by atoms with E-state index in [1.807, 2.05) is 25.1 Å². The highest BCUT2D eigenvalue weighted by molar-refractivity contribution is 7.92. The molecule has 2 atom stereocenters. The van der Waals surface area contributed by atoms with Crippen molar-refractivity contribution in [2.75, 3.05) is 23.5 Å². The smallest absolute Gasteiger partial charge is 0.264 e. The van der Waals surface area contributed by atoms with Crippen LogP contribution in [0.3, 0.4) is 0 Å². The zero-order valence-corrected chi connectivity index (χ0v) is 22.1.